The summed E-state index contributed by atoms with van der Waals surface area (Å²) in [5, 5.41) is 12.5. The first kappa shape index (κ1) is 17.5. The SMILES string of the molecule is CCCCN(C)c1ncnc(Sc2ccc(Cl)cc2)c1[N+](=O)[O-]. The molecule has 0 spiro atoms. The van der Waals surface area contributed by atoms with Crippen molar-refractivity contribution in [3.8, 4) is 0 Å². The molecule has 2 aromatic rings. The van der Waals surface area contributed by atoms with Crippen molar-refractivity contribution >= 4 is 34.9 Å². The van der Waals surface area contributed by atoms with Gasteiger partial charge in [0.1, 0.15) is 6.33 Å². The van der Waals surface area contributed by atoms with Gasteiger partial charge in [-0.2, -0.15) is 0 Å². The molecule has 0 saturated heterocycles. The van der Waals surface area contributed by atoms with Gasteiger partial charge in [0.15, 0.2) is 5.03 Å². The normalized spacial score (nSPS) is 10.6. The maximum absolute atomic E-state index is 11.5. The molecule has 1 heterocycles. The van der Waals surface area contributed by atoms with E-state index in [1.54, 1.807) is 29.2 Å². The molecule has 0 amide bonds. The van der Waals surface area contributed by atoms with Crippen molar-refractivity contribution in [3.05, 3.63) is 45.7 Å². The minimum atomic E-state index is -0.421. The van der Waals surface area contributed by atoms with Gasteiger partial charge in [-0.1, -0.05) is 36.7 Å². The van der Waals surface area contributed by atoms with E-state index in [1.165, 1.54) is 18.1 Å². The van der Waals surface area contributed by atoms with E-state index in [0.29, 0.717) is 22.4 Å². The fraction of sp³-hybridized carbons (Fsp3) is 0.333. The molecule has 6 nitrogen and oxygen atoms in total. The summed E-state index contributed by atoms with van der Waals surface area (Å²) >= 11 is 7.09. The van der Waals surface area contributed by atoms with Gasteiger partial charge in [-0.25, -0.2) is 9.97 Å². The number of halogens is 1. The summed E-state index contributed by atoms with van der Waals surface area (Å²) < 4.78 is 0. The van der Waals surface area contributed by atoms with Gasteiger partial charge in [-0.05, 0) is 30.7 Å². The number of rotatable bonds is 7. The Morgan fingerprint density at radius 1 is 1.30 bits per heavy atom. The second kappa shape index (κ2) is 8.12. The van der Waals surface area contributed by atoms with Crippen LogP contribution in [0, 0.1) is 10.1 Å². The number of nitrogens with zero attached hydrogens (tertiary/aromatic N) is 4. The van der Waals surface area contributed by atoms with Crippen LogP contribution in [0.15, 0.2) is 40.5 Å². The van der Waals surface area contributed by atoms with Crippen molar-refractivity contribution < 1.29 is 4.92 Å². The first-order valence-electron chi connectivity index (χ1n) is 7.17. The number of hydrogen-bond donors (Lipinski definition) is 0. The summed E-state index contributed by atoms with van der Waals surface area (Å²) in [6.07, 6.45) is 3.32. The summed E-state index contributed by atoms with van der Waals surface area (Å²) in [6.45, 7) is 2.78. The van der Waals surface area contributed by atoms with Crippen molar-refractivity contribution in [1.29, 1.82) is 0 Å². The minimum Gasteiger partial charge on any atom is -0.354 e. The van der Waals surface area contributed by atoms with Crippen LogP contribution in [0.25, 0.3) is 0 Å². The van der Waals surface area contributed by atoms with Crippen LogP contribution in [-0.2, 0) is 0 Å². The van der Waals surface area contributed by atoms with Crippen LogP contribution in [-0.4, -0.2) is 28.5 Å². The lowest BCUT2D eigenvalue weighted by atomic mass is 10.3. The van der Waals surface area contributed by atoms with Gasteiger partial charge in [0.2, 0.25) is 5.82 Å². The number of anilines is 1. The highest BCUT2D eigenvalue weighted by Gasteiger charge is 2.25. The smallest absolute Gasteiger partial charge is 0.343 e. The van der Waals surface area contributed by atoms with E-state index in [0.717, 1.165) is 17.7 Å². The van der Waals surface area contributed by atoms with Gasteiger partial charge >= 0.3 is 5.69 Å². The molecule has 0 saturated carbocycles. The summed E-state index contributed by atoms with van der Waals surface area (Å²) in [4.78, 5) is 21.9. The molecule has 0 unspecified atom stereocenters. The molecule has 2 rings (SSSR count). The Hall–Kier alpha value is -1.86. The third-order valence-corrected chi connectivity index (χ3v) is 4.44. The van der Waals surface area contributed by atoms with Gasteiger partial charge < -0.3 is 4.90 Å². The number of aromatic nitrogens is 2. The highest BCUT2D eigenvalue weighted by Crippen LogP contribution is 2.37. The van der Waals surface area contributed by atoms with E-state index < -0.39 is 4.92 Å². The molecule has 1 aromatic carbocycles. The molecule has 0 aliphatic rings. The van der Waals surface area contributed by atoms with Crippen LogP contribution in [0.4, 0.5) is 11.5 Å². The Morgan fingerprint density at radius 3 is 2.61 bits per heavy atom. The van der Waals surface area contributed by atoms with E-state index in [9.17, 15) is 10.1 Å². The lowest BCUT2D eigenvalue weighted by Gasteiger charge is -2.17. The topological polar surface area (TPSA) is 72.2 Å². The average molecular weight is 353 g/mol. The maximum atomic E-state index is 11.5. The first-order chi connectivity index (χ1) is 11.0. The Kier molecular flexibility index (Phi) is 6.18. The molecule has 122 valence electrons. The number of hydrogen-bond acceptors (Lipinski definition) is 6. The third kappa shape index (κ3) is 4.56. The Labute approximate surface area is 144 Å². The minimum absolute atomic E-state index is 0.0638. The molecule has 0 fully saturated rings. The molecule has 0 aliphatic carbocycles. The summed E-state index contributed by atoms with van der Waals surface area (Å²) in [7, 11) is 1.81. The third-order valence-electron chi connectivity index (χ3n) is 3.19. The summed E-state index contributed by atoms with van der Waals surface area (Å²) in [5.41, 5.74) is -0.0638. The van der Waals surface area contributed by atoms with Crippen molar-refractivity contribution in [1.82, 2.24) is 9.97 Å². The zero-order chi connectivity index (χ0) is 16.8. The van der Waals surface area contributed by atoms with Crippen LogP contribution in [0.1, 0.15) is 19.8 Å². The number of benzene rings is 1. The van der Waals surface area contributed by atoms with Gasteiger partial charge in [0, 0.05) is 23.5 Å². The first-order valence-corrected chi connectivity index (χ1v) is 8.36. The van der Waals surface area contributed by atoms with E-state index in [2.05, 4.69) is 16.9 Å². The summed E-state index contributed by atoms with van der Waals surface area (Å²) in [6, 6.07) is 7.09. The van der Waals surface area contributed by atoms with Gasteiger partial charge in [-0.3, -0.25) is 10.1 Å². The van der Waals surface area contributed by atoms with Crippen molar-refractivity contribution in [2.24, 2.45) is 0 Å². The number of unbranched alkanes of at least 4 members (excludes halogenated alkanes) is 1. The molecule has 0 N–H and O–H groups in total. The predicted octanol–water partition coefficient (Wildman–Crippen LogP) is 4.43. The van der Waals surface area contributed by atoms with Crippen LogP contribution >= 0.6 is 23.4 Å². The second-order valence-electron chi connectivity index (χ2n) is 4.94. The Bertz CT molecular complexity index is 682. The quantitative estimate of drug-likeness (QED) is 0.417. The summed E-state index contributed by atoms with van der Waals surface area (Å²) in [5.74, 6) is 0.343. The van der Waals surface area contributed by atoms with Crippen molar-refractivity contribution in [2.75, 3.05) is 18.5 Å². The highest BCUT2D eigenvalue weighted by atomic mass is 35.5. The zero-order valence-corrected chi connectivity index (χ0v) is 14.5. The molecular weight excluding hydrogens is 336 g/mol. The van der Waals surface area contributed by atoms with E-state index in [1.807, 2.05) is 7.05 Å². The van der Waals surface area contributed by atoms with Crippen LogP contribution in [0.2, 0.25) is 5.02 Å². The van der Waals surface area contributed by atoms with Gasteiger partial charge in [0.05, 0.1) is 4.92 Å². The maximum Gasteiger partial charge on any atom is 0.343 e. The second-order valence-corrected chi connectivity index (χ2v) is 6.44. The number of nitro groups is 1. The van der Waals surface area contributed by atoms with Gasteiger partial charge in [0.25, 0.3) is 0 Å². The molecule has 8 heteroatoms. The molecule has 0 atom stereocenters. The lowest BCUT2D eigenvalue weighted by Crippen LogP contribution is -2.21. The molecule has 23 heavy (non-hydrogen) atoms. The highest BCUT2D eigenvalue weighted by molar-refractivity contribution is 7.99. The predicted molar refractivity (Wildman–Crippen MR) is 92.4 cm³/mol. The van der Waals surface area contributed by atoms with Crippen LogP contribution < -0.4 is 4.90 Å². The van der Waals surface area contributed by atoms with E-state index in [-0.39, 0.29) is 5.69 Å². The fourth-order valence-electron chi connectivity index (χ4n) is 1.98. The van der Waals surface area contributed by atoms with Gasteiger partial charge in [-0.15, -0.1) is 0 Å². The van der Waals surface area contributed by atoms with E-state index in [4.69, 9.17) is 11.6 Å². The van der Waals surface area contributed by atoms with Crippen LogP contribution in [0.3, 0.4) is 0 Å². The monoisotopic (exact) mass is 352 g/mol. The molecule has 0 bridgehead atoms. The van der Waals surface area contributed by atoms with Crippen molar-refractivity contribution in [2.45, 2.75) is 29.7 Å². The molecular formula is C15H17ClN4O2S. The van der Waals surface area contributed by atoms with Crippen molar-refractivity contribution in [3.63, 3.8) is 0 Å². The average Bonchev–Trinajstić information content (AvgIpc) is 2.54. The van der Waals surface area contributed by atoms with E-state index >= 15 is 0 Å². The zero-order valence-electron chi connectivity index (χ0n) is 12.9. The largest absolute Gasteiger partial charge is 0.354 e. The lowest BCUT2D eigenvalue weighted by molar-refractivity contribution is -0.387. The molecule has 0 radical (unpaired) electrons. The molecule has 0 aliphatic heterocycles. The fourth-order valence-corrected chi connectivity index (χ4v) is 2.97. The Morgan fingerprint density at radius 2 is 2.00 bits per heavy atom. The Balaban J connectivity index is 2.35. The molecule has 1 aromatic heterocycles. The van der Waals surface area contributed by atoms with Crippen LogP contribution in [0.5, 0.6) is 0 Å². The standard InChI is InChI=1S/C15H17ClN4O2S/c1-3-4-9-19(2)14-13(20(21)22)15(18-10-17-14)23-12-7-5-11(16)6-8-12/h5-8,10H,3-4,9H2,1-2H3.